The Morgan fingerprint density at radius 3 is 2.69 bits per heavy atom. The number of carbonyl (C=O) groups excluding carboxylic acids is 1. The van der Waals surface area contributed by atoms with Gasteiger partial charge in [0.25, 0.3) is 0 Å². The minimum atomic E-state index is 0.0181. The van der Waals surface area contributed by atoms with E-state index in [9.17, 15) is 4.79 Å². The fourth-order valence-corrected chi connectivity index (χ4v) is 2.28. The van der Waals surface area contributed by atoms with Gasteiger partial charge in [0.1, 0.15) is 0 Å². The van der Waals surface area contributed by atoms with Crippen molar-refractivity contribution in [2.45, 2.75) is 53.0 Å². The second-order valence-electron chi connectivity index (χ2n) is 5.89. The lowest BCUT2D eigenvalue weighted by Crippen LogP contribution is -2.50. The first-order valence-electron chi connectivity index (χ1n) is 6.46. The van der Waals surface area contributed by atoms with Gasteiger partial charge in [-0.1, -0.05) is 27.7 Å². The molecule has 1 aliphatic heterocycles. The third kappa shape index (κ3) is 3.78. The average Bonchev–Trinajstić information content (AvgIpc) is 2.25. The summed E-state index contributed by atoms with van der Waals surface area (Å²) in [6, 6.07) is 0.0181. The molecule has 0 aromatic heterocycles. The lowest BCUT2D eigenvalue weighted by molar-refractivity contribution is -0.124. The molecule has 0 spiro atoms. The minimum Gasteiger partial charge on any atom is -0.355 e. The lowest BCUT2D eigenvalue weighted by atomic mass is 9.73. The molecule has 0 aliphatic carbocycles. The van der Waals surface area contributed by atoms with E-state index >= 15 is 0 Å². The topological polar surface area (TPSA) is 41.1 Å². The molecule has 1 rings (SSSR count). The zero-order valence-corrected chi connectivity index (χ0v) is 11.1. The largest absolute Gasteiger partial charge is 0.355 e. The van der Waals surface area contributed by atoms with Crippen LogP contribution in [0.15, 0.2) is 0 Å². The second-order valence-corrected chi connectivity index (χ2v) is 5.89. The molecule has 2 atom stereocenters. The maximum absolute atomic E-state index is 11.9. The smallest absolute Gasteiger partial charge is 0.237 e. The van der Waals surface area contributed by atoms with Gasteiger partial charge in [0.05, 0.1) is 6.04 Å². The Morgan fingerprint density at radius 2 is 2.12 bits per heavy atom. The Morgan fingerprint density at radius 1 is 1.44 bits per heavy atom. The van der Waals surface area contributed by atoms with Crippen LogP contribution in [0.2, 0.25) is 0 Å². The van der Waals surface area contributed by atoms with Crippen molar-refractivity contribution < 1.29 is 4.79 Å². The van der Waals surface area contributed by atoms with Crippen molar-refractivity contribution in [1.82, 2.24) is 10.6 Å². The molecule has 0 aromatic carbocycles. The third-order valence-corrected chi connectivity index (χ3v) is 3.49. The van der Waals surface area contributed by atoms with Gasteiger partial charge in [-0.3, -0.25) is 4.79 Å². The molecule has 1 fully saturated rings. The predicted octanol–water partition coefficient (Wildman–Crippen LogP) is 1.93. The summed E-state index contributed by atoms with van der Waals surface area (Å²) >= 11 is 0. The maximum atomic E-state index is 11.9. The van der Waals surface area contributed by atoms with Crippen molar-refractivity contribution in [3.05, 3.63) is 0 Å². The number of piperidine rings is 1. The molecule has 3 heteroatoms. The Labute approximate surface area is 99.4 Å². The van der Waals surface area contributed by atoms with E-state index in [0.717, 1.165) is 25.9 Å². The SMILES string of the molecule is CCCNC(=O)C1CC(C(C)(C)C)CCN1. The molecular weight excluding hydrogens is 200 g/mol. The summed E-state index contributed by atoms with van der Waals surface area (Å²) in [4.78, 5) is 11.9. The van der Waals surface area contributed by atoms with Crippen molar-refractivity contribution >= 4 is 5.91 Å². The highest BCUT2D eigenvalue weighted by Gasteiger charge is 2.33. The van der Waals surface area contributed by atoms with Gasteiger partial charge in [-0.15, -0.1) is 0 Å². The number of hydrogen-bond acceptors (Lipinski definition) is 2. The highest BCUT2D eigenvalue weighted by atomic mass is 16.2. The van der Waals surface area contributed by atoms with Gasteiger partial charge in [-0.25, -0.2) is 0 Å². The molecule has 2 unspecified atom stereocenters. The zero-order chi connectivity index (χ0) is 12.2. The normalized spacial score (nSPS) is 26.5. The van der Waals surface area contributed by atoms with Crippen LogP contribution < -0.4 is 10.6 Å². The zero-order valence-electron chi connectivity index (χ0n) is 11.1. The van der Waals surface area contributed by atoms with Crippen LogP contribution in [0.4, 0.5) is 0 Å². The Balaban J connectivity index is 2.47. The van der Waals surface area contributed by atoms with Gasteiger partial charge < -0.3 is 10.6 Å². The van der Waals surface area contributed by atoms with E-state index in [-0.39, 0.29) is 11.9 Å². The fourth-order valence-electron chi connectivity index (χ4n) is 2.28. The number of carbonyl (C=O) groups is 1. The molecule has 0 aromatic rings. The molecule has 3 nitrogen and oxygen atoms in total. The van der Waals surface area contributed by atoms with Crippen LogP contribution in [-0.2, 0) is 4.79 Å². The van der Waals surface area contributed by atoms with Crippen LogP contribution in [0, 0.1) is 11.3 Å². The van der Waals surface area contributed by atoms with Crippen LogP contribution in [0.5, 0.6) is 0 Å². The molecule has 1 heterocycles. The minimum absolute atomic E-state index is 0.0181. The molecule has 2 N–H and O–H groups in total. The third-order valence-electron chi connectivity index (χ3n) is 3.49. The van der Waals surface area contributed by atoms with Crippen LogP contribution in [0.1, 0.15) is 47.0 Å². The standard InChI is InChI=1S/C13H26N2O/c1-5-7-15-12(16)11-9-10(6-8-14-11)13(2,3)4/h10-11,14H,5-9H2,1-4H3,(H,15,16). The van der Waals surface area contributed by atoms with Crippen molar-refractivity contribution in [3.8, 4) is 0 Å². The fraction of sp³-hybridized carbons (Fsp3) is 0.923. The maximum Gasteiger partial charge on any atom is 0.237 e. The second kappa shape index (κ2) is 5.67. The quantitative estimate of drug-likeness (QED) is 0.772. The van der Waals surface area contributed by atoms with Gasteiger partial charge in [0.15, 0.2) is 0 Å². The molecule has 1 amide bonds. The summed E-state index contributed by atoms with van der Waals surface area (Å²) in [5.41, 5.74) is 0.311. The highest BCUT2D eigenvalue weighted by Crippen LogP contribution is 2.34. The molecule has 1 aliphatic rings. The van der Waals surface area contributed by atoms with E-state index < -0.39 is 0 Å². The van der Waals surface area contributed by atoms with Crippen LogP contribution >= 0.6 is 0 Å². The Kier molecular flexibility index (Phi) is 4.78. The van der Waals surface area contributed by atoms with Gasteiger partial charge in [0, 0.05) is 6.54 Å². The van der Waals surface area contributed by atoms with E-state index in [4.69, 9.17) is 0 Å². The number of nitrogens with one attached hydrogen (secondary N) is 2. The molecule has 16 heavy (non-hydrogen) atoms. The summed E-state index contributed by atoms with van der Waals surface area (Å²) in [7, 11) is 0. The summed E-state index contributed by atoms with van der Waals surface area (Å²) in [6.07, 6.45) is 3.15. The Bertz CT molecular complexity index is 233. The van der Waals surface area contributed by atoms with E-state index in [1.54, 1.807) is 0 Å². The van der Waals surface area contributed by atoms with E-state index in [1.165, 1.54) is 6.42 Å². The van der Waals surface area contributed by atoms with Crippen molar-refractivity contribution in [2.24, 2.45) is 11.3 Å². The number of amides is 1. The van der Waals surface area contributed by atoms with E-state index in [2.05, 4.69) is 38.3 Å². The van der Waals surface area contributed by atoms with Crippen LogP contribution in [0.25, 0.3) is 0 Å². The van der Waals surface area contributed by atoms with E-state index in [0.29, 0.717) is 11.3 Å². The summed E-state index contributed by atoms with van der Waals surface area (Å²) in [5, 5.41) is 6.29. The van der Waals surface area contributed by atoms with Gasteiger partial charge in [-0.2, -0.15) is 0 Å². The number of hydrogen-bond donors (Lipinski definition) is 2. The average molecular weight is 226 g/mol. The lowest BCUT2D eigenvalue weighted by Gasteiger charge is -2.37. The van der Waals surface area contributed by atoms with E-state index in [1.807, 2.05) is 0 Å². The predicted molar refractivity (Wildman–Crippen MR) is 67.3 cm³/mol. The molecular formula is C13H26N2O. The van der Waals surface area contributed by atoms with Crippen LogP contribution in [-0.4, -0.2) is 25.0 Å². The van der Waals surface area contributed by atoms with Gasteiger partial charge in [0.2, 0.25) is 5.91 Å². The molecule has 1 saturated heterocycles. The van der Waals surface area contributed by atoms with Crippen LogP contribution in [0.3, 0.4) is 0 Å². The Hall–Kier alpha value is -0.570. The summed E-state index contributed by atoms with van der Waals surface area (Å²) in [6.45, 7) is 10.6. The van der Waals surface area contributed by atoms with Gasteiger partial charge >= 0.3 is 0 Å². The monoisotopic (exact) mass is 226 g/mol. The molecule has 94 valence electrons. The number of rotatable bonds is 3. The van der Waals surface area contributed by atoms with Crippen molar-refractivity contribution in [2.75, 3.05) is 13.1 Å². The first-order valence-corrected chi connectivity index (χ1v) is 6.46. The first kappa shape index (κ1) is 13.5. The van der Waals surface area contributed by atoms with Gasteiger partial charge in [-0.05, 0) is 37.1 Å². The summed E-state index contributed by atoms with van der Waals surface area (Å²) in [5.74, 6) is 0.821. The van der Waals surface area contributed by atoms with Crippen molar-refractivity contribution in [1.29, 1.82) is 0 Å². The molecule has 0 saturated carbocycles. The highest BCUT2D eigenvalue weighted by molar-refractivity contribution is 5.81. The molecule has 0 bridgehead atoms. The van der Waals surface area contributed by atoms with Crippen molar-refractivity contribution in [3.63, 3.8) is 0 Å². The first-order chi connectivity index (χ1) is 7.45. The molecule has 0 radical (unpaired) electrons. The summed E-state index contributed by atoms with van der Waals surface area (Å²) < 4.78 is 0.